The zero-order chi connectivity index (χ0) is 8.74. The quantitative estimate of drug-likeness (QED) is 0.504. The Morgan fingerprint density at radius 1 is 1.08 bits per heavy atom. The molecule has 4 nitrogen and oxygen atoms in total. The first-order valence-corrected chi connectivity index (χ1v) is 5.18. The largest absolute Gasteiger partial charge is 0.344 e. The van der Waals surface area contributed by atoms with E-state index in [4.69, 9.17) is 4.55 Å². The molecule has 0 unspecified atom stereocenters. The summed E-state index contributed by atoms with van der Waals surface area (Å²) >= 11 is 0. The van der Waals surface area contributed by atoms with E-state index in [0.29, 0.717) is 25.7 Å². The molecule has 0 spiro atoms. The molecular formula is C6H16FNO3S. The van der Waals surface area contributed by atoms with Crippen molar-refractivity contribution in [1.82, 2.24) is 6.15 Å². The molecule has 0 saturated heterocycles. The fourth-order valence-electron chi connectivity index (χ4n) is 0.733. The van der Waals surface area contributed by atoms with Crippen LogP contribution in [0.3, 0.4) is 0 Å². The first kappa shape index (κ1) is 14.3. The number of rotatable bonds is 6. The highest BCUT2D eigenvalue weighted by Gasteiger charge is 2.02. The molecule has 0 amide bonds. The van der Waals surface area contributed by atoms with Gasteiger partial charge in [-0.1, -0.05) is 12.8 Å². The van der Waals surface area contributed by atoms with Gasteiger partial charge in [0.15, 0.2) is 0 Å². The van der Waals surface area contributed by atoms with Gasteiger partial charge in [0.05, 0.1) is 12.4 Å². The first-order valence-electron chi connectivity index (χ1n) is 3.57. The normalized spacial score (nSPS) is 10.8. The van der Waals surface area contributed by atoms with Crippen molar-refractivity contribution in [3.8, 4) is 0 Å². The highest BCUT2D eigenvalue weighted by molar-refractivity contribution is 7.85. The molecule has 0 fully saturated rings. The second kappa shape index (κ2) is 7.45. The number of unbranched alkanes of at least 4 members (excludes halogenated alkanes) is 3. The van der Waals surface area contributed by atoms with Crippen molar-refractivity contribution < 1.29 is 17.4 Å². The van der Waals surface area contributed by atoms with Crippen molar-refractivity contribution in [2.24, 2.45) is 0 Å². The SMILES string of the molecule is N.O=S(=O)(O)CCCCCCF. The number of halogens is 1. The molecule has 4 N–H and O–H groups in total. The van der Waals surface area contributed by atoms with Gasteiger partial charge in [0, 0.05) is 0 Å². The van der Waals surface area contributed by atoms with Crippen LogP contribution in [0.2, 0.25) is 0 Å². The van der Waals surface area contributed by atoms with Crippen LogP contribution in [0.4, 0.5) is 4.39 Å². The molecule has 0 aromatic carbocycles. The smallest absolute Gasteiger partial charge is 0.264 e. The molecule has 12 heavy (non-hydrogen) atoms. The molecule has 0 aliphatic carbocycles. The van der Waals surface area contributed by atoms with Crippen LogP contribution >= 0.6 is 0 Å². The minimum Gasteiger partial charge on any atom is -0.344 e. The number of hydrogen-bond donors (Lipinski definition) is 2. The van der Waals surface area contributed by atoms with Crippen molar-refractivity contribution in [1.29, 1.82) is 0 Å². The van der Waals surface area contributed by atoms with Crippen LogP contribution in [0.15, 0.2) is 0 Å². The number of hydrogen-bond acceptors (Lipinski definition) is 3. The third-order valence-corrected chi connectivity index (χ3v) is 2.09. The molecule has 0 bridgehead atoms. The zero-order valence-corrected chi connectivity index (χ0v) is 7.82. The lowest BCUT2D eigenvalue weighted by Gasteiger charge is -1.96. The van der Waals surface area contributed by atoms with Crippen molar-refractivity contribution >= 4 is 10.1 Å². The van der Waals surface area contributed by atoms with Crippen LogP contribution in [0.5, 0.6) is 0 Å². The predicted molar refractivity (Wildman–Crippen MR) is 45.9 cm³/mol. The molecule has 0 saturated carbocycles. The van der Waals surface area contributed by atoms with E-state index >= 15 is 0 Å². The Kier molecular flexibility index (Phi) is 8.90. The highest BCUT2D eigenvalue weighted by atomic mass is 32.2. The fourth-order valence-corrected chi connectivity index (χ4v) is 1.30. The standard InChI is InChI=1S/C6H13FO3S.H3N/c7-5-3-1-2-4-6-11(8,9)10;/h1-6H2,(H,8,9,10);1H3. The monoisotopic (exact) mass is 201 g/mol. The maximum atomic E-state index is 11.5. The lowest BCUT2D eigenvalue weighted by Crippen LogP contribution is -2.03. The summed E-state index contributed by atoms with van der Waals surface area (Å²) in [5.41, 5.74) is 0. The summed E-state index contributed by atoms with van der Waals surface area (Å²) in [4.78, 5) is 0. The average Bonchev–Trinajstić information content (AvgIpc) is 1.85. The lowest BCUT2D eigenvalue weighted by atomic mass is 10.2. The second-order valence-corrected chi connectivity index (χ2v) is 3.96. The molecule has 0 atom stereocenters. The van der Waals surface area contributed by atoms with Crippen molar-refractivity contribution in [2.45, 2.75) is 25.7 Å². The van der Waals surface area contributed by atoms with Gasteiger partial charge in [-0.25, -0.2) is 0 Å². The van der Waals surface area contributed by atoms with Crippen LogP contribution in [0, 0.1) is 0 Å². The topological polar surface area (TPSA) is 89.4 Å². The average molecular weight is 201 g/mol. The van der Waals surface area contributed by atoms with E-state index in [0.717, 1.165) is 0 Å². The zero-order valence-electron chi connectivity index (χ0n) is 7.00. The minimum atomic E-state index is -3.81. The van der Waals surface area contributed by atoms with Gasteiger partial charge in [-0.3, -0.25) is 8.94 Å². The van der Waals surface area contributed by atoms with E-state index in [9.17, 15) is 12.8 Å². The van der Waals surface area contributed by atoms with Crippen LogP contribution in [-0.2, 0) is 10.1 Å². The predicted octanol–water partition coefficient (Wildman–Crippen LogP) is 1.57. The van der Waals surface area contributed by atoms with Crippen LogP contribution in [-0.4, -0.2) is 25.4 Å². The minimum absolute atomic E-state index is 0. The molecule has 0 aliphatic rings. The van der Waals surface area contributed by atoms with E-state index in [1.165, 1.54) is 0 Å². The van der Waals surface area contributed by atoms with E-state index in [1.54, 1.807) is 0 Å². The second-order valence-electron chi connectivity index (χ2n) is 2.39. The van der Waals surface area contributed by atoms with Gasteiger partial charge in [-0.05, 0) is 12.8 Å². The third-order valence-electron chi connectivity index (χ3n) is 1.29. The van der Waals surface area contributed by atoms with Crippen molar-refractivity contribution in [3.63, 3.8) is 0 Å². The fraction of sp³-hybridized carbons (Fsp3) is 1.00. The maximum absolute atomic E-state index is 11.5. The molecule has 6 heteroatoms. The van der Waals surface area contributed by atoms with Gasteiger partial charge in [0.2, 0.25) is 0 Å². The van der Waals surface area contributed by atoms with Crippen LogP contribution in [0.25, 0.3) is 0 Å². The molecule has 0 aromatic rings. The molecule has 0 radical (unpaired) electrons. The Morgan fingerprint density at radius 3 is 2.00 bits per heavy atom. The molecule has 0 heterocycles. The summed E-state index contributed by atoms with van der Waals surface area (Å²) in [6.07, 6.45) is 2.24. The number of alkyl halides is 1. The van der Waals surface area contributed by atoms with Crippen molar-refractivity contribution in [3.05, 3.63) is 0 Å². The van der Waals surface area contributed by atoms with Gasteiger partial charge >= 0.3 is 0 Å². The molecule has 0 aromatic heterocycles. The van der Waals surface area contributed by atoms with Gasteiger partial charge in [0.1, 0.15) is 0 Å². The Bertz CT molecular complexity index is 181. The summed E-state index contributed by atoms with van der Waals surface area (Å²) in [5, 5.41) is 0. The van der Waals surface area contributed by atoms with E-state index in [-0.39, 0.29) is 18.6 Å². The summed E-state index contributed by atoms with van der Waals surface area (Å²) in [6.45, 7) is -0.355. The van der Waals surface area contributed by atoms with Gasteiger partial charge < -0.3 is 6.15 Å². The molecule has 0 rings (SSSR count). The van der Waals surface area contributed by atoms with Crippen LogP contribution in [0.1, 0.15) is 25.7 Å². The third kappa shape index (κ3) is 12.5. The highest BCUT2D eigenvalue weighted by Crippen LogP contribution is 2.01. The summed E-state index contributed by atoms with van der Waals surface area (Å²) in [7, 11) is -3.81. The van der Waals surface area contributed by atoms with E-state index < -0.39 is 10.1 Å². The Balaban J connectivity index is 0. The van der Waals surface area contributed by atoms with Crippen LogP contribution < -0.4 is 6.15 Å². The summed E-state index contributed by atoms with van der Waals surface area (Å²) < 4.78 is 40.0. The van der Waals surface area contributed by atoms with E-state index in [1.807, 2.05) is 0 Å². The first-order chi connectivity index (χ1) is 5.06. The molecule has 76 valence electrons. The lowest BCUT2D eigenvalue weighted by molar-refractivity contribution is 0.452. The van der Waals surface area contributed by atoms with Crippen molar-refractivity contribution in [2.75, 3.05) is 12.4 Å². The summed E-state index contributed by atoms with van der Waals surface area (Å²) in [6, 6.07) is 0. The maximum Gasteiger partial charge on any atom is 0.264 e. The Hall–Kier alpha value is -0.200. The van der Waals surface area contributed by atoms with E-state index in [2.05, 4.69) is 0 Å². The van der Waals surface area contributed by atoms with Gasteiger partial charge in [-0.15, -0.1) is 0 Å². The van der Waals surface area contributed by atoms with Gasteiger partial charge in [0.25, 0.3) is 10.1 Å². The molecular weight excluding hydrogens is 185 g/mol. The van der Waals surface area contributed by atoms with Gasteiger partial charge in [-0.2, -0.15) is 8.42 Å². The Morgan fingerprint density at radius 2 is 1.58 bits per heavy atom. The Labute approximate surface area is 72.5 Å². The summed E-state index contributed by atoms with van der Waals surface area (Å²) in [5.74, 6) is -0.209. The molecule has 0 aliphatic heterocycles.